The number of anilines is 1. The molecule has 0 aliphatic rings. The first-order chi connectivity index (χ1) is 16.0. The molecule has 7 nitrogen and oxygen atoms in total. The summed E-state index contributed by atoms with van der Waals surface area (Å²) >= 11 is 0. The average Bonchev–Trinajstić information content (AvgIpc) is 3.18. The fraction of sp³-hybridized carbons (Fsp3) is 0.238. The molecule has 13 heteroatoms. The Morgan fingerprint density at radius 3 is 2.47 bits per heavy atom. The minimum atomic E-state index is -4.66. The van der Waals surface area contributed by atoms with Crippen molar-refractivity contribution < 1.29 is 31.1 Å². The van der Waals surface area contributed by atoms with Crippen LogP contribution in [0.5, 0.6) is 0 Å². The largest absolute Gasteiger partial charge is 0.417 e. The Hall–Kier alpha value is -3.90. The highest BCUT2D eigenvalue weighted by atomic mass is 19.4. The van der Waals surface area contributed by atoms with E-state index in [4.69, 9.17) is 5.73 Å². The molecule has 0 fully saturated rings. The van der Waals surface area contributed by atoms with Gasteiger partial charge >= 0.3 is 6.18 Å². The zero-order valence-electron chi connectivity index (χ0n) is 17.4. The van der Waals surface area contributed by atoms with Gasteiger partial charge < -0.3 is 5.73 Å². The van der Waals surface area contributed by atoms with Crippen LogP contribution < -0.4 is 5.73 Å². The third kappa shape index (κ3) is 4.20. The lowest BCUT2D eigenvalue weighted by atomic mass is 10.1. The van der Waals surface area contributed by atoms with E-state index in [1.165, 1.54) is 29.1 Å². The number of hydrogen-bond acceptors (Lipinski definition) is 5. The van der Waals surface area contributed by atoms with Gasteiger partial charge in [0.15, 0.2) is 0 Å². The van der Waals surface area contributed by atoms with Crippen LogP contribution in [0.1, 0.15) is 21.6 Å². The van der Waals surface area contributed by atoms with Crippen molar-refractivity contribution in [3.63, 3.8) is 0 Å². The van der Waals surface area contributed by atoms with Crippen molar-refractivity contribution in [2.75, 3.05) is 5.73 Å². The van der Waals surface area contributed by atoms with E-state index in [0.29, 0.717) is 34.1 Å². The van der Waals surface area contributed by atoms with Crippen molar-refractivity contribution in [3.8, 4) is 0 Å². The van der Waals surface area contributed by atoms with Gasteiger partial charge in [-0.1, -0.05) is 0 Å². The van der Waals surface area contributed by atoms with Crippen LogP contribution in [0.2, 0.25) is 0 Å². The van der Waals surface area contributed by atoms with E-state index in [-0.39, 0.29) is 22.0 Å². The van der Waals surface area contributed by atoms with E-state index >= 15 is 0 Å². The molecule has 0 spiro atoms. The second-order valence-corrected chi connectivity index (χ2v) is 7.44. The first-order valence-electron chi connectivity index (χ1n) is 9.73. The van der Waals surface area contributed by atoms with Crippen LogP contribution in [-0.4, -0.2) is 43.3 Å². The van der Waals surface area contributed by atoms with Crippen LogP contribution in [0.25, 0.3) is 21.8 Å². The molecule has 1 unspecified atom stereocenters. The third-order valence-electron chi connectivity index (χ3n) is 5.21. The van der Waals surface area contributed by atoms with Gasteiger partial charge in [-0.05, 0) is 30.3 Å². The first-order valence-corrected chi connectivity index (χ1v) is 9.73. The molecular weight excluding hydrogens is 466 g/mol. The van der Waals surface area contributed by atoms with Gasteiger partial charge in [-0.3, -0.25) is 19.4 Å². The molecule has 1 atom stereocenters. The lowest BCUT2D eigenvalue weighted by molar-refractivity contribution is -0.137. The van der Waals surface area contributed by atoms with Crippen LogP contribution in [0, 0.1) is 0 Å². The van der Waals surface area contributed by atoms with Gasteiger partial charge in [-0.2, -0.15) is 18.3 Å². The molecule has 1 aromatic carbocycles. The quantitative estimate of drug-likeness (QED) is 0.338. The Morgan fingerprint density at radius 1 is 1.12 bits per heavy atom. The van der Waals surface area contributed by atoms with Crippen LogP contribution >= 0.6 is 0 Å². The topological polar surface area (TPSA) is 89.9 Å². The Bertz CT molecular complexity index is 1370. The van der Waals surface area contributed by atoms with Gasteiger partial charge in [-0.25, -0.2) is 18.2 Å². The third-order valence-corrected chi connectivity index (χ3v) is 5.21. The van der Waals surface area contributed by atoms with Gasteiger partial charge in [0.1, 0.15) is 5.82 Å². The molecule has 0 bridgehead atoms. The van der Waals surface area contributed by atoms with Crippen LogP contribution in [-0.2, 0) is 19.8 Å². The summed E-state index contributed by atoms with van der Waals surface area (Å²) in [5.41, 5.74) is 5.44. The van der Waals surface area contributed by atoms with E-state index in [1.807, 2.05) is 0 Å². The van der Waals surface area contributed by atoms with Crippen LogP contribution in [0.4, 0.5) is 32.2 Å². The van der Waals surface area contributed by atoms with E-state index in [1.54, 1.807) is 7.05 Å². The highest BCUT2D eigenvalue weighted by Crippen LogP contribution is 2.30. The Balaban J connectivity index is 1.73. The molecule has 34 heavy (non-hydrogen) atoms. The van der Waals surface area contributed by atoms with E-state index in [0.717, 1.165) is 6.07 Å². The molecule has 3 heterocycles. The Kier molecular flexibility index (Phi) is 5.79. The number of nitrogens with two attached hydrogens (primary N) is 1. The molecule has 4 rings (SSSR count). The molecule has 1 amide bonds. The number of carbonyl (C=O) groups excluding carboxylic acids is 1. The number of fused-ring (bicyclic) bond motifs is 3. The van der Waals surface area contributed by atoms with Crippen molar-refractivity contribution in [2.45, 2.75) is 25.4 Å². The van der Waals surface area contributed by atoms with E-state index < -0.39 is 36.9 Å². The molecule has 0 aliphatic heterocycles. The normalized spacial score (nSPS) is 13.1. The van der Waals surface area contributed by atoms with Crippen molar-refractivity contribution in [1.82, 2.24) is 24.6 Å². The second-order valence-electron chi connectivity index (χ2n) is 7.44. The number of aryl methyl sites for hydroxylation is 1. The van der Waals surface area contributed by atoms with Crippen LogP contribution in [0.15, 0.2) is 42.7 Å². The number of rotatable bonds is 5. The first kappa shape index (κ1) is 23.3. The number of pyridine rings is 2. The maximum Gasteiger partial charge on any atom is 0.417 e. The molecular formula is C21H16F6N6O. The van der Waals surface area contributed by atoms with Crippen molar-refractivity contribution in [3.05, 3.63) is 59.5 Å². The van der Waals surface area contributed by atoms with Gasteiger partial charge in [0, 0.05) is 24.2 Å². The summed E-state index contributed by atoms with van der Waals surface area (Å²) in [5, 5.41) is 5.03. The molecule has 0 aliphatic carbocycles. The number of alkyl halides is 6. The van der Waals surface area contributed by atoms with Gasteiger partial charge in [0.25, 0.3) is 12.3 Å². The Morgan fingerprint density at radius 2 is 1.85 bits per heavy atom. The number of hydrogen-bond donors (Lipinski definition) is 1. The number of nitrogen functional groups attached to an aromatic ring is 1. The summed E-state index contributed by atoms with van der Waals surface area (Å²) in [6.07, 6.45) is -9.27. The lowest BCUT2D eigenvalue weighted by Crippen LogP contribution is -2.41. The van der Waals surface area contributed by atoms with Crippen molar-refractivity contribution in [2.24, 2.45) is 7.05 Å². The molecule has 2 N–H and O–H groups in total. The number of halogens is 6. The zero-order chi connectivity index (χ0) is 24.8. The summed E-state index contributed by atoms with van der Waals surface area (Å²) < 4.78 is 80.6. The SMILES string of the molecule is Cn1ncc2c(N)nc3ccc(C(=O)N(Cc4ccc(C(F)(F)F)cn4)C(F)C(F)F)cc3c21. The molecule has 0 radical (unpaired) electrons. The highest BCUT2D eigenvalue weighted by Gasteiger charge is 2.34. The van der Waals surface area contributed by atoms with E-state index in [2.05, 4.69) is 15.1 Å². The predicted molar refractivity (Wildman–Crippen MR) is 110 cm³/mol. The van der Waals surface area contributed by atoms with Crippen molar-refractivity contribution >= 4 is 33.5 Å². The molecule has 0 saturated carbocycles. The molecule has 178 valence electrons. The van der Waals surface area contributed by atoms with Gasteiger partial charge in [0.05, 0.1) is 40.4 Å². The number of carbonyl (C=O) groups is 1. The van der Waals surface area contributed by atoms with E-state index in [9.17, 15) is 31.1 Å². The second kappa shape index (κ2) is 8.47. The summed E-state index contributed by atoms with van der Waals surface area (Å²) in [7, 11) is 1.63. The molecule has 0 saturated heterocycles. The average molecular weight is 482 g/mol. The molecule has 3 aromatic heterocycles. The summed E-state index contributed by atoms with van der Waals surface area (Å²) in [6, 6.07) is 5.61. The molecule has 4 aromatic rings. The predicted octanol–water partition coefficient (Wildman–Crippen LogP) is 4.32. The number of aromatic nitrogens is 4. The number of benzene rings is 1. The fourth-order valence-corrected chi connectivity index (χ4v) is 3.52. The minimum Gasteiger partial charge on any atom is -0.383 e. The summed E-state index contributed by atoms with van der Waals surface area (Å²) in [6.45, 7) is -0.776. The van der Waals surface area contributed by atoms with Crippen LogP contribution in [0.3, 0.4) is 0 Å². The standard InChI is InChI=1S/C21H16F6N6O/c1-32-16-13-6-10(2-5-15(13)31-19(28)14(16)8-30-32)20(34)33(18(24)17(22)23)9-12-4-3-11(7-29-12)21(25,26)27/h2-8,17-18H,9H2,1H3,(H2,28,31). The highest BCUT2D eigenvalue weighted by molar-refractivity contribution is 6.10. The monoisotopic (exact) mass is 482 g/mol. The van der Waals surface area contributed by atoms with Gasteiger partial charge in [0.2, 0.25) is 6.30 Å². The fourth-order valence-electron chi connectivity index (χ4n) is 3.52. The van der Waals surface area contributed by atoms with Gasteiger partial charge in [-0.15, -0.1) is 0 Å². The Labute approximate surface area is 187 Å². The maximum atomic E-state index is 14.4. The minimum absolute atomic E-state index is 0.142. The smallest absolute Gasteiger partial charge is 0.383 e. The number of nitrogens with zero attached hydrogens (tertiary/aromatic N) is 5. The summed E-state index contributed by atoms with van der Waals surface area (Å²) in [5.74, 6) is -0.908. The summed E-state index contributed by atoms with van der Waals surface area (Å²) in [4.78, 5) is 21.1. The number of amides is 1. The van der Waals surface area contributed by atoms with Crippen molar-refractivity contribution in [1.29, 1.82) is 0 Å². The maximum absolute atomic E-state index is 14.4. The zero-order valence-corrected chi connectivity index (χ0v) is 17.4. The lowest BCUT2D eigenvalue weighted by Gasteiger charge is -2.26.